The summed E-state index contributed by atoms with van der Waals surface area (Å²) in [5.41, 5.74) is 5.36. The molecule has 0 bridgehead atoms. The highest BCUT2D eigenvalue weighted by atomic mass is 79.9. The number of rotatable bonds is 8. The monoisotopic (exact) mass is 417 g/mol. The second-order valence-corrected chi connectivity index (χ2v) is 7.03. The number of ether oxygens (including phenoxy) is 1. The number of nitrogens with zero attached hydrogens (tertiary/aromatic N) is 2. The smallest absolute Gasteiger partial charge is 0.268 e. The van der Waals surface area contributed by atoms with E-state index in [0.29, 0.717) is 19.6 Å². The maximum Gasteiger partial charge on any atom is 0.268 e. The Morgan fingerprint density at radius 1 is 1.27 bits per heavy atom. The number of fused-ring (bicyclic) bond motifs is 1. The SMILES string of the molecule is NC(=O)c1cn(CC(O)CCCOc2ccc3ccc(Br)cc3c2)cn1. The number of aromatic nitrogens is 2. The fourth-order valence-corrected chi connectivity index (χ4v) is 3.10. The van der Waals surface area contributed by atoms with Gasteiger partial charge in [-0.3, -0.25) is 4.79 Å². The molecule has 2 aromatic carbocycles. The van der Waals surface area contributed by atoms with E-state index in [1.807, 2.05) is 24.3 Å². The van der Waals surface area contributed by atoms with Crippen molar-refractivity contribution in [2.24, 2.45) is 5.73 Å². The van der Waals surface area contributed by atoms with Crippen molar-refractivity contribution < 1.29 is 14.6 Å². The Kier molecular flexibility index (Phi) is 5.90. The van der Waals surface area contributed by atoms with Gasteiger partial charge in [0, 0.05) is 17.2 Å². The first-order chi connectivity index (χ1) is 12.5. The highest BCUT2D eigenvalue weighted by molar-refractivity contribution is 9.10. The van der Waals surface area contributed by atoms with Gasteiger partial charge in [-0.1, -0.05) is 28.1 Å². The van der Waals surface area contributed by atoms with E-state index in [1.165, 1.54) is 12.5 Å². The molecule has 0 saturated carbocycles. The maximum atomic E-state index is 11.0. The molecule has 1 amide bonds. The van der Waals surface area contributed by atoms with Gasteiger partial charge in [-0.2, -0.15) is 0 Å². The molecule has 26 heavy (non-hydrogen) atoms. The number of carbonyl (C=O) groups excluding carboxylic acids is 1. The summed E-state index contributed by atoms with van der Waals surface area (Å²) in [6.07, 6.45) is 3.79. The first-order valence-corrected chi connectivity index (χ1v) is 9.12. The molecule has 0 aliphatic rings. The van der Waals surface area contributed by atoms with Gasteiger partial charge in [-0.05, 0) is 47.9 Å². The molecule has 3 rings (SSSR count). The van der Waals surface area contributed by atoms with Crippen LogP contribution in [0.1, 0.15) is 23.3 Å². The summed E-state index contributed by atoms with van der Waals surface area (Å²) in [5.74, 6) is 0.236. The van der Waals surface area contributed by atoms with Crippen LogP contribution >= 0.6 is 15.9 Å². The molecule has 1 atom stereocenters. The lowest BCUT2D eigenvalue weighted by Gasteiger charge is -2.12. The van der Waals surface area contributed by atoms with Gasteiger partial charge in [0.25, 0.3) is 5.91 Å². The zero-order valence-corrected chi connectivity index (χ0v) is 15.7. The Bertz CT molecular complexity index is 910. The van der Waals surface area contributed by atoms with Crippen molar-refractivity contribution in [2.45, 2.75) is 25.5 Å². The van der Waals surface area contributed by atoms with E-state index in [1.54, 1.807) is 4.57 Å². The summed E-state index contributed by atoms with van der Waals surface area (Å²) in [6.45, 7) is 0.886. The summed E-state index contributed by atoms with van der Waals surface area (Å²) in [6, 6.07) is 12.1. The fraction of sp³-hybridized carbons (Fsp3) is 0.263. The number of aliphatic hydroxyl groups excluding tert-OH is 1. The molecule has 3 N–H and O–H groups in total. The van der Waals surface area contributed by atoms with Crippen molar-refractivity contribution in [1.29, 1.82) is 0 Å². The molecular weight excluding hydrogens is 398 g/mol. The summed E-state index contributed by atoms with van der Waals surface area (Å²) in [5, 5.41) is 12.4. The highest BCUT2D eigenvalue weighted by Crippen LogP contribution is 2.24. The van der Waals surface area contributed by atoms with Crippen molar-refractivity contribution in [1.82, 2.24) is 9.55 Å². The van der Waals surface area contributed by atoms with Gasteiger partial charge in [0.1, 0.15) is 11.4 Å². The Labute approximate surface area is 159 Å². The van der Waals surface area contributed by atoms with Gasteiger partial charge < -0.3 is 20.1 Å². The lowest BCUT2D eigenvalue weighted by molar-refractivity contribution is 0.0995. The maximum absolute atomic E-state index is 11.0. The lowest BCUT2D eigenvalue weighted by Crippen LogP contribution is -2.16. The number of hydrogen-bond acceptors (Lipinski definition) is 4. The Morgan fingerprint density at radius 2 is 2.08 bits per heavy atom. The number of benzene rings is 2. The van der Waals surface area contributed by atoms with Crippen LogP contribution < -0.4 is 10.5 Å². The quantitative estimate of drug-likeness (QED) is 0.550. The van der Waals surface area contributed by atoms with Crippen molar-refractivity contribution in [3.05, 3.63) is 59.1 Å². The first-order valence-electron chi connectivity index (χ1n) is 8.33. The Hall–Kier alpha value is -2.38. The molecule has 1 unspecified atom stereocenters. The lowest BCUT2D eigenvalue weighted by atomic mass is 10.1. The number of aliphatic hydroxyl groups is 1. The van der Waals surface area contributed by atoms with E-state index >= 15 is 0 Å². The highest BCUT2D eigenvalue weighted by Gasteiger charge is 2.09. The summed E-state index contributed by atoms with van der Waals surface area (Å²) < 4.78 is 8.47. The molecular formula is C19H20BrN3O3. The van der Waals surface area contributed by atoms with E-state index in [4.69, 9.17) is 10.5 Å². The molecule has 136 valence electrons. The van der Waals surface area contributed by atoms with Crippen LogP contribution in [0, 0.1) is 0 Å². The molecule has 6 nitrogen and oxygen atoms in total. The molecule has 0 fully saturated rings. The predicted molar refractivity (Wildman–Crippen MR) is 103 cm³/mol. The Morgan fingerprint density at radius 3 is 2.85 bits per heavy atom. The normalized spacial score (nSPS) is 12.2. The van der Waals surface area contributed by atoms with Crippen LogP contribution in [0.4, 0.5) is 0 Å². The van der Waals surface area contributed by atoms with E-state index in [9.17, 15) is 9.90 Å². The third-order valence-electron chi connectivity index (χ3n) is 4.03. The van der Waals surface area contributed by atoms with Crippen molar-refractivity contribution in [2.75, 3.05) is 6.61 Å². The molecule has 3 aromatic rings. The molecule has 1 aromatic heterocycles. The summed E-state index contributed by atoms with van der Waals surface area (Å²) >= 11 is 3.47. The average molecular weight is 418 g/mol. The molecule has 0 spiro atoms. The predicted octanol–water partition coefficient (Wildman–Crippen LogP) is 3.12. The van der Waals surface area contributed by atoms with E-state index in [2.05, 4.69) is 33.0 Å². The number of carbonyl (C=O) groups is 1. The van der Waals surface area contributed by atoms with Gasteiger partial charge in [0.2, 0.25) is 0 Å². The average Bonchev–Trinajstić information content (AvgIpc) is 3.07. The number of halogens is 1. The number of primary amides is 1. The largest absolute Gasteiger partial charge is 0.494 e. The van der Waals surface area contributed by atoms with Crippen molar-refractivity contribution in [3.63, 3.8) is 0 Å². The van der Waals surface area contributed by atoms with Gasteiger partial charge in [-0.15, -0.1) is 0 Å². The molecule has 0 aliphatic carbocycles. The van der Waals surface area contributed by atoms with Gasteiger partial charge in [-0.25, -0.2) is 4.98 Å². The van der Waals surface area contributed by atoms with E-state index in [0.717, 1.165) is 27.4 Å². The van der Waals surface area contributed by atoms with Crippen LogP contribution in [0.3, 0.4) is 0 Å². The van der Waals surface area contributed by atoms with Gasteiger partial charge >= 0.3 is 0 Å². The minimum absolute atomic E-state index is 0.198. The second kappa shape index (κ2) is 8.33. The molecule has 0 aliphatic heterocycles. The summed E-state index contributed by atoms with van der Waals surface area (Å²) in [7, 11) is 0. The van der Waals surface area contributed by atoms with Crippen LogP contribution in [0.15, 0.2) is 53.4 Å². The molecule has 1 heterocycles. The Balaban J connectivity index is 1.45. The van der Waals surface area contributed by atoms with E-state index in [-0.39, 0.29) is 5.69 Å². The number of amides is 1. The molecule has 7 heteroatoms. The van der Waals surface area contributed by atoms with Crippen LogP contribution in [0.5, 0.6) is 5.75 Å². The number of nitrogens with two attached hydrogens (primary N) is 1. The minimum Gasteiger partial charge on any atom is -0.494 e. The second-order valence-electron chi connectivity index (χ2n) is 6.12. The first kappa shape index (κ1) is 18.4. The van der Waals surface area contributed by atoms with Crippen LogP contribution in [-0.2, 0) is 6.54 Å². The van der Waals surface area contributed by atoms with Crippen LogP contribution in [0.25, 0.3) is 10.8 Å². The molecule has 0 radical (unpaired) electrons. The van der Waals surface area contributed by atoms with Crippen molar-refractivity contribution >= 4 is 32.6 Å². The third kappa shape index (κ3) is 4.83. The fourth-order valence-electron chi connectivity index (χ4n) is 2.72. The van der Waals surface area contributed by atoms with Crippen LogP contribution in [0.2, 0.25) is 0 Å². The number of imidazole rings is 1. The van der Waals surface area contributed by atoms with Crippen LogP contribution in [-0.4, -0.2) is 33.3 Å². The summed E-state index contributed by atoms with van der Waals surface area (Å²) in [4.78, 5) is 14.9. The van der Waals surface area contributed by atoms with E-state index < -0.39 is 12.0 Å². The third-order valence-corrected chi connectivity index (χ3v) is 4.52. The zero-order valence-electron chi connectivity index (χ0n) is 14.1. The zero-order chi connectivity index (χ0) is 18.5. The van der Waals surface area contributed by atoms with Gasteiger partial charge in [0.05, 0.1) is 19.0 Å². The molecule has 0 saturated heterocycles. The minimum atomic E-state index is -0.575. The van der Waals surface area contributed by atoms with Crippen molar-refractivity contribution in [3.8, 4) is 5.75 Å². The standard InChI is InChI=1S/C19H20BrN3O3/c20-15-5-3-13-4-6-17(9-14(13)8-15)26-7-1-2-16(24)10-23-11-18(19(21)25)22-12-23/h3-6,8-9,11-12,16,24H,1-2,7,10H2,(H2,21,25). The topological polar surface area (TPSA) is 90.4 Å². The van der Waals surface area contributed by atoms with Gasteiger partial charge in [0.15, 0.2) is 0 Å². The number of hydrogen-bond donors (Lipinski definition) is 2.